The summed E-state index contributed by atoms with van der Waals surface area (Å²) < 4.78 is 15.8. The second kappa shape index (κ2) is 6.60. The average molecular weight is 362 g/mol. The second-order valence-corrected chi connectivity index (χ2v) is 6.24. The standard InChI is InChI=1S/C20H15FN4O2/c1-13-3-2-4-16(9-13)25-19-17(10-23-25)20(27)24(12-22-19)11-18(26)14-5-7-15(21)8-6-14/h2-10,12H,11H2,1H3. The van der Waals surface area contributed by atoms with Gasteiger partial charge in [0.05, 0.1) is 18.4 Å². The monoisotopic (exact) mass is 362 g/mol. The van der Waals surface area contributed by atoms with Gasteiger partial charge in [-0.15, -0.1) is 0 Å². The Balaban J connectivity index is 1.70. The van der Waals surface area contributed by atoms with Gasteiger partial charge in [0.25, 0.3) is 5.56 Å². The maximum atomic E-state index is 13.0. The molecule has 0 atom stereocenters. The van der Waals surface area contributed by atoms with Crippen molar-refractivity contribution < 1.29 is 9.18 Å². The predicted octanol–water partition coefficient (Wildman–Crippen LogP) is 2.91. The summed E-state index contributed by atoms with van der Waals surface area (Å²) in [7, 11) is 0. The lowest BCUT2D eigenvalue weighted by Crippen LogP contribution is -2.24. The highest BCUT2D eigenvalue weighted by Gasteiger charge is 2.14. The Hall–Kier alpha value is -3.61. The van der Waals surface area contributed by atoms with Crippen molar-refractivity contribution in [2.24, 2.45) is 0 Å². The quantitative estimate of drug-likeness (QED) is 0.524. The van der Waals surface area contributed by atoms with E-state index in [1.54, 1.807) is 4.68 Å². The van der Waals surface area contributed by atoms with E-state index in [1.165, 1.54) is 41.4 Å². The maximum absolute atomic E-state index is 13.0. The summed E-state index contributed by atoms with van der Waals surface area (Å²) in [5.74, 6) is -0.723. The summed E-state index contributed by atoms with van der Waals surface area (Å²) in [6.07, 6.45) is 2.78. The van der Waals surface area contributed by atoms with Crippen molar-refractivity contribution in [3.05, 3.63) is 88.4 Å². The molecular formula is C20H15FN4O2. The summed E-state index contributed by atoms with van der Waals surface area (Å²) in [5, 5.41) is 4.59. The van der Waals surface area contributed by atoms with Gasteiger partial charge in [0.1, 0.15) is 17.5 Å². The van der Waals surface area contributed by atoms with Crippen molar-refractivity contribution in [1.29, 1.82) is 0 Å². The number of ketones is 1. The maximum Gasteiger partial charge on any atom is 0.264 e. The van der Waals surface area contributed by atoms with E-state index in [1.807, 2.05) is 31.2 Å². The van der Waals surface area contributed by atoms with Gasteiger partial charge in [0.2, 0.25) is 0 Å². The first kappa shape index (κ1) is 16.8. The molecule has 2 aromatic heterocycles. The molecule has 0 radical (unpaired) electrons. The third kappa shape index (κ3) is 3.15. The van der Waals surface area contributed by atoms with Crippen molar-refractivity contribution in [2.75, 3.05) is 0 Å². The highest BCUT2D eigenvalue weighted by Crippen LogP contribution is 2.15. The second-order valence-electron chi connectivity index (χ2n) is 6.24. The Morgan fingerprint density at radius 1 is 1.15 bits per heavy atom. The molecule has 0 saturated carbocycles. The molecule has 0 bridgehead atoms. The van der Waals surface area contributed by atoms with Gasteiger partial charge in [-0.25, -0.2) is 14.1 Å². The average Bonchev–Trinajstić information content (AvgIpc) is 3.09. The van der Waals surface area contributed by atoms with E-state index < -0.39 is 5.82 Å². The van der Waals surface area contributed by atoms with Crippen molar-refractivity contribution in [3.63, 3.8) is 0 Å². The number of aromatic nitrogens is 4. The molecule has 27 heavy (non-hydrogen) atoms. The molecule has 7 heteroatoms. The zero-order chi connectivity index (χ0) is 19.0. The largest absolute Gasteiger partial charge is 0.292 e. The first-order chi connectivity index (χ1) is 13.0. The lowest BCUT2D eigenvalue weighted by Gasteiger charge is -2.06. The molecule has 0 spiro atoms. The van der Waals surface area contributed by atoms with Crippen LogP contribution in [0.15, 0.2) is 65.8 Å². The minimum absolute atomic E-state index is 0.178. The number of fused-ring (bicyclic) bond motifs is 1. The molecule has 4 rings (SSSR count). The molecule has 0 aliphatic carbocycles. The minimum Gasteiger partial charge on any atom is -0.292 e. The van der Waals surface area contributed by atoms with E-state index in [0.29, 0.717) is 16.6 Å². The number of benzene rings is 2. The van der Waals surface area contributed by atoms with Crippen LogP contribution in [0.3, 0.4) is 0 Å². The van der Waals surface area contributed by atoms with Gasteiger partial charge in [-0.05, 0) is 48.9 Å². The van der Waals surface area contributed by atoms with Gasteiger partial charge < -0.3 is 0 Å². The Morgan fingerprint density at radius 3 is 2.67 bits per heavy atom. The van der Waals surface area contributed by atoms with E-state index in [0.717, 1.165) is 11.3 Å². The number of aryl methyl sites for hydroxylation is 1. The van der Waals surface area contributed by atoms with Crippen molar-refractivity contribution in [2.45, 2.75) is 13.5 Å². The molecule has 0 fully saturated rings. The van der Waals surface area contributed by atoms with Crippen LogP contribution in [0.2, 0.25) is 0 Å². The number of carbonyl (C=O) groups excluding carboxylic acids is 1. The zero-order valence-electron chi connectivity index (χ0n) is 14.5. The SMILES string of the molecule is Cc1cccc(-n2ncc3c(=O)n(CC(=O)c4ccc(F)cc4)cnc32)c1. The van der Waals surface area contributed by atoms with E-state index in [2.05, 4.69) is 10.1 Å². The van der Waals surface area contributed by atoms with Crippen LogP contribution < -0.4 is 5.56 Å². The number of hydrogen-bond acceptors (Lipinski definition) is 4. The van der Waals surface area contributed by atoms with Crippen LogP contribution >= 0.6 is 0 Å². The number of carbonyl (C=O) groups is 1. The molecule has 2 heterocycles. The highest BCUT2D eigenvalue weighted by atomic mass is 19.1. The molecule has 0 unspecified atom stereocenters. The van der Waals surface area contributed by atoms with Crippen LogP contribution in [0.4, 0.5) is 4.39 Å². The Kier molecular flexibility index (Phi) is 4.12. The Bertz CT molecular complexity index is 1210. The molecule has 6 nitrogen and oxygen atoms in total. The molecule has 134 valence electrons. The third-order valence-electron chi connectivity index (χ3n) is 4.28. The van der Waals surface area contributed by atoms with Gasteiger partial charge >= 0.3 is 0 Å². The van der Waals surface area contributed by atoms with Crippen LogP contribution in [-0.2, 0) is 6.54 Å². The molecule has 4 aromatic rings. The third-order valence-corrected chi connectivity index (χ3v) is 4.28. The molecule has 0 saturated heterocycles. The molecule has 0 N–H and O–H groups in total. The normalized spacial score (nSPS) is 11.0. The summed E-state index contributed by atoms with van der Waals surface area (Å²) in [4.78, 5) is 29.4. The number of halogens is 1. The first-order valence-corrected chi connectivity index (χ1v) is 8.32. The Labute approximate surface area is 153 Å². The van der Waals surface area contributed by atoms with Gasteiger partial charge in [0, 0.05) is 5.56 Å². The smallest absolute Gasteiger partial charge is 0.264 e. The van der Waals surface area contributed by atoms with Crippen molar-refractivity contribution in [3.8, 4) is 5.69 Å². The van der Waals surface area contributed by atoms with E-state index in [4.69, 9.17) is 0 Å². The van der Waals surface area contributed by atoms with Gasteiger partial charge in [-0.1, -0.05) is 12.1 Å². The summed E-state index contributed by atoms with van der Waals surface area (Å²) >= 11 is 0. The van der Waals surface area contributed by atoms with E-state index in [-0.39, 0.29) is 17.9 Å². The highest BCUT2D eigenvalue weighted by molar-refractivity contribution is 5.96. The van der Waals surface area contributed by atoms with Crippen LogP contribution in [-0.4, -0.2) is 25.1 Å². The topological polar surface area (TPSA) is 69.8 Å². The van der Waals surface area contributed by atoms with Gasteiger partial charge in [0.15, 0.2) is 11.4 Å². The molecular weight excluding hydrogens is 347 g/mol. The number of Topliss-reactive ketones (excluding diaryl/α,β-unsaturated/α-hetero) is 1. The Morgan fingerprint density at radius 2 is 1.93 bits per heavy atom. The zero-order valence-corrected chi connectivity index (χ0v) is 14.5. The summed E-state index contributed by atoms with van der Waals surface area (Å²) in [6, 6.07) is 12.9. The summed E-state index contributed by atoms with van der Waals surface area (Å²) in [5.41, 5.74) is 2.27. The lowest BCUT2D eigenvalue weighted by atomic mass is 10.1. The molecule has 2 aromatic carbocycles. The van der Waals surface area contributed by atoms with Crippen LogP contribution in [0, 0.1) is 12.7 Å². The van der Waals surface area contributed by atoms with E-state index in [9.17, 15) is 14.0 Å². The molecule has 0 aliphatic rings. The summed E-state index contributed by atoms with van der Waals surface area (Å²) in [6.45, 7) is 1.79. The fourth-order valence-electron chi connectivity index (χ4n) is 2.89. The van der Waals surface area contributed by atoms with Crippen LogP contribution in [0.25, 0.3) is 16.7 Å². The fraction of sp³-hybridized carbons (Fsp3) is 0.100. The first-order valence-electron chi connectivity index (χ1n) is 8.32. The fourth-order valence-corrected chi connectivity index (χ4v) is 2.89. The molecule has 0 aliphatic heterocycles. The van der Waals surface area contributed by atoms with Crippen molar-refractivity contribution in [1.82, 2.24) is 19.3 Å². The number of hydrogen-bond donors (Lipinski definition) is 0. The van der Waals surface area contributed by atoms with Crippen molar-refractivity contribution >= 4 is 16.8 Å². The molecule has 0 amide bonds. The van der Waals surface area contributed by atoms with E-state index >= 15 is 0 Å². The number of nitrogens with zero attached hydrogens (tertiary/aromatic N) is 4. The minimum atomic E-state index is -0.421. The van der Waals surface area contributed by atoms with Gasteiger partial charge in [-0.3, -0.25) is 14.2 Å². The number of rotatable bonds is 4. The lowest BCUT2D eigenvalue weighted by molar-refractivity contribution is 0.0970. The van der Waals surface area contributed by atoms with Crippen LogP contribution in [0.5, 0.6) is 0 Å². The predicted molar refractivity (Wildman–Crippen MR) is 98.6 cm³/mol. The van der Waals surface area contributed by atoms with Gasteiger partial charge in [-0.2, -0.15) is 5.10 Å². The van der Waals surface area contributed by atoms with Crippen LogP contribution in [0.1, 0.15) is 15.9 Å².